The Morgan fingerprint density at radius 2 is 2.41 bits per heavy atom. The lowest BCUT2D eigenvalue weighted by Crippen LogP contribution is -2.09. The van der Waals surface area contributed by atoms with Crippen molar-refractivity contribution in [3.05, 3.63) is 23.8 Å². The van der Waals surface area contributed by atoms with Crippen molar-refractivity contribution in [2.45, 2.75) is 23.8 Å². The molecule has 1 aromatic heterocycles. The zero-order valence-corrected chi connectivity index (χ0v) is 10.2. The highest BCUT2D eigenvalue weighted by molar-refractivity contribution is 8.00. The lowest BCUT2D eigenvalue weighted by atomic mass is 10.2. The number of aryl methyl sites for hydroxylation is 1. The molecule has 0 radical (unpaired) electrons. The van der Waals surface area contributed by atoms with Crippen molar-refractivity contribution in [1.29, 1.82) is 0 Å². The predicted molar refractivity (Wildman–Crippen MR) is 66.1 cm³/mol. The molecule has 1 aliphatic heterocycles. The molecule has 1 atom stereocenters. The highest BCUT2D eigenvalue weighted by Gasteiger charge is 2.28. The molecular formula is C12H12N2O2S. The molecule has 0 aliphatic carbocycles. The molecule has 88 valence electrons. The number of H-pyrrole nitrogens is 1. The van der Waals surface area contributed by atoms with Crippen molar-refractivity contribution < 1.29 is 9.53 Å². The largest absolute Gasteiger partial charge is 0.465 e. The molecule has 1 unspecified atom stereocenters. The molecule has 5 heteroatoms. The van der Waals surface area contributed by atoms with Gasteiger partial charge >= 0.3 is 5.97 Å². The van der Waals surface area contributed by atoms with Gasteiger partial charge in [0, 0.05) is 6.42 Å². The minimum atomic E-state index is -0.133. The number of hydrogen-bond donors (Lipinski definition) is 1. The third-order valence-corrected chi connectivity index (χ3v) is 3.89. The van der Waals surface area contributed by atoms with Crippen LogP contribution in [0.1, 0.15) is 12.0 Å². The Hall–Kier alpha value is -1.49. The fourth-order valence-electron chi connectivity index (χ4n) is 1.88. The number of hydrogen-bond acceptors (Lipinski definition) is 4. The molecule has 0 amide bonds. The van der Waals surface area contributed by atoms with Crippen molar-refractivity contribution in [1.82, 2.24) is 9.97 Å². The smallest absolute Gasteiger partial charge is 0.319 e. The number of carbonyl (C=O) groups is 1. The first-order valence-corrected chi connectivity index (χ1v) is 6.40. The van der Waals surface area contributed by atoms with Gasteiger partial charge in [-0.3, -0.25) is 4.79 Å². The Labute approximate surface area is 103 Å². The van der Waals surface area contributed by atoms with Gasteiger partial charge in [0.05, 0.1) is 17.6 Å². The van der Waals surface area contributed by atoms with E-state index in [9.17, 15) is 4.79 Å². The molecule has 0 spiro atoms. The van der Waals surface area contributed by atoms with E-state index in [-0.39, 0.29) is 11.2 Å². The molecule has 1 N–H and O–H groups in total. The maximum absolute atomic E-state index is 11.4. The summed E-state index contributed by atoms with van der Waals surface area (Å²) in [6, 6.07) is 6.07. The van der Waals surface area contributed by atoms with Gasteiger partial charge in [-0.25, -0.2) is 4.98 Å². The van der Waals surface area contributed by atoms with Gasteiger partial charge in [-0.05, 0) is 24.6 Å². The van der Waals surface area contributed by atoms with E-state index in [0.717, 1.165) is 22.6 Å². The van der Waals surface area contributed by atoms with Gasteiger partial charge in [-0.2, -0.15) is 0 Å². The van der Waals surface area contributed by atoms with Crippen LogP contribution in [0.25, 0.3) is 11.0 Å². The summed E-state index contributed by atoms with van der Waals surface area (Å²) in [5.74, 6) is -0.133. The molecule has 4 nitrogen and oxygen atoms in total. The number of aromatic nitrogens is 2. The first kappa shape index (κ1) is 10.7. The van der Waals surface area contributed by atoms with Crippen LogP contribution in [-0.2, 0) is 9.53 Å². The van der Waals surface area contributed by atoms with E-state index < -0.39 is 0 Å². The van der Waals surface area contributed by atoms with Gasteiger partial charge in [-0.15, -0.1) is 0 Å². The Morgan fingerprint density at radius 1 is 1.53 bits per heavy atom. The van der Waals surface area contributed by atoms with Gasteiger partial charge < -0.3 is 9.72 Å². The fraction of sp³-hybridized carbons (Fsp3) is 0.333. The predicted octanol–water partition coefficient (Wildman–Crippen LogP) is 2.28. The van der Waals surface area contributed by atoms with Crippen LogP contribution < -0.4 is 0 Å². The van der Waals surface area contributed by atoms with E-state index in [1.165, 1.54) is 17.3 Å². The Balaban J connectivity index is 1.88. The second-order valence-electron chi connectivity index (χ2n) is 4.13. The van der Waals surface area contributed by atoms with E-state index in [1.807, 2.05) is 19.1 Å². The topological polar surface area (TPSA) is 55.0 Å². The van der Waals surface area contributed by atoms with Crippen molar-refractivity contribution in [3.8, 4) is 0 Å². The molecule has 1 aromatic carbocycles. The van der Waals surface area contributed by atoms with Gasteiger partial charge in [0.2, 0.25) is 0 Å². The van der Waals surface area contributed by atoms with E-state index in [1.54, 1.807) is 0 Å². The molecule has 1 aliphatic rings. The second kappa shape index (κ2) is 4.07. The number of aromatic amines is 1. The molecule has 2 aromatic rings. The van der Waals surface area contributed by atoms with Gasteiger partial charge in [-0.1, -0.05) is 17.8 Å². The highest BCUT2D eigenvalue weighted by Crippen LogP contribution is 2.29. The number of ether oxygens (including phenoxy) is 1. The maximum atomic E-state index is 11.4. The minimum Gasteiger partial charge on any atom is -0.465 e. The zero-order chi connectivity index (χ0) is 11.8. The molecule has 17 heavy (non-hydrogen) atoms. The van der Waals surface area contributed by atoms with Crippen LogP contribution in [0, 0.1) is 6.92 Å². The number of cyclic esters (lactones) is 1. The summed E-state index contributed by atoms with van der Waals surface area (Å²) in [7, 11) is 0. The van der Waals surface area contributed by atoms with Crippen LogP contribution >= 0.6 is 11.8 Å². The summed E-state index contributed by atoms with van der Waals surface area (Å²) < 4.78 is 4.93. The first-order chi connectivity index (χ1) is 8.22. The standard InChI is InChI=1S/C12H12N2O2S/c1-7-2-3-8-9(6-7)14-12(13-8)17-10-4-5-16-11(10)15/h2-3,6,10H,4-5H2,1H3,(H,13,14). The quantitative estimate of drug-likeness (QED) is 0.828. The summed E-state index contributed by atoms with van der Waals surface area (Å²) in [5.41, 5.74) is 3.14. The number of nitrogens with one attached hydrogen (secondary N) is 1. The molecular weight excluding hydrogens is 236 g/mol. The van der Waals surface area contributed by atoms with Crippen LogP contribution in [0.15, 0.2) is 23.4 Å². The van der Waals surface area contributed by atoms with Crippen LogP contribution in [0.2, 0.25) is 0 Å². The average molecular weight is 248 g/mol. The highest BCUT2D eigenvalue weighted by atomic mass is 32.2. The summed E-state index contributed by atoms with van der Waals surface area (Å²) in [5, 5.41) is 0.672. The Bertz CT molecular complexity index is 579. The van der Waals surface area contributed by atoms with E-state index in [0.29, 0.717) is 6.61 Å². The van der Waals surface area contributed by atoms with Crippen molar-refractivity contribution in [2.24, 2.45) is 0 Å². The van der Waals surface area contributed by atoms with Crippen LogP contribution in [0.4, 0.5) is 0 Å². The lowest BCUT2D eigenvalue weighted by molar-refractivity contribution is -0.137. The monoisotopic (exact) mass is 248 g/mol. The second-order valence-corrected chi connectivity index (χ2v) is 5.32. The van der Waals surface area contributed by atoms with Crippen LogP contribution in [0.5, 0.6) is 0 Å². The normalized spacial score (nSPS) is 19.8. The van der Waals surface area contributed by atoms with Gasteiger partial charge in [0.1, 0.15) is 5.25 Å². The number of benzene rings is 1. The number of esters is 1. The number of rotatable bonds is 2. The average Bonchev–Trinajstić information content (AvgIpc) is 2.85. The van der Waals surface area contributed by atoms with E-state index in [4.69, 9.17) is 4.74 Å². The van der Waals surface area contributed by atoms with Crippen molar-refractivity contribution in [3.63, 3.8) is 0 Å². The molecule has 1 saturated heterocycles. The molecule has 2 heterocycles. The lowest BCUT2D eigenvalue weighted by Gasteiger charge is -2.00. The number of imidazole rings is 1. The minimum absolute atomic E-state index is 0.114. The summed E-state index contributed by atoms with van der Waals surface area (Å²) >= 11 is 1.45. The van der Waals surface area contributed by atoms with Crippen molar-refractivity contribution >= 4 is 28.8 Å². The molecule has 1 fully saturated rings. The Morgan fingerprint density at radius 3 is 3.18 bits per heavy atom. The van der Waals surface area contributed by atoms with E-state index >= 15 is 0 Å². The van der Waals surface area contributed by atoms with Crippen LogP contribution in [0.3, 0.4) is 0 Å². The third kappa shape index (κ3) is 2.02. The van der Waals surface area contributed by atoms with Gasteiger partial charge in [0.25, 0.3) is 0 Å². The number of thioether (sulfide) groups is 1. The Kier molecular flexibility index (Phi) is 2.55. The van der Waals surface area contributed by atoms with Gasteiger partial charge in [0.15, 0.2) is 5.16 Å². The summed E-state index contributed by atoms with van der Waals surface area (Å²) in [4.78, 5) is 19.0. The SMILES string of the molecule is Cc1ccc2nc(SC3CCOC3=O)[nH]c2c1. The van der Waals surface area contributed by atoms with E-state index in [2.05, 4.69) is 16.0 Å². The van der Waals surface area contributed by atoms with Crippen molar-refractivity contribution in [2.75, 3.05) is 6.61 Å². The number of nitrogens with zero attached hydrogens (tertiary/aromatic N) is 1. The summed E-state index contributed by atoms with van der Waals surface area (Å²) in [6.45, 7) is 2.57. The fourth-order valence-corrected chi connectivity index (χ4v) is 2.84. The zero-order valence-electron chi connectivity index (χ0n) is 9.40. The number of fused-ring (bicyclic) bond motifs is 1. The molecule has 3 rings (SSSR count). The maximum Gasteiger partial charge on any atom is 0.319 e. The first-order valence-electron chi connectivity index (χ1n) is 5.52. The number of carbonyl (C=O) groups excluding carboxylic acids is 1. The molecule has 0 saturated carbocycles. The molecule has 0 bridgehead atoms. The third-order valence-electron chi connectivity index (χ3n) is 2.76. The summed E-state index contributed by atoms with van der Waals surface area (Å²) in [6.07, 6.45) is 0.763. The van der Waals surface area contributed by atoms with Crippen LogP contribution in [-0.4, -0.2) is 27.8 Å².